The van der Waals surface area contributed by atoms with Crippen molar-refractivity contribution < 1.29 is 0 Å². The molecule has 19 heavy (non-hydrogen) atoms. The average molecular weight is 258 g/mol. The third kappa shape index (κ3) is 2.66. The summed E-state index contributed by atoms with van der Waals surface area (Å²) in [5.74, 6) is 0.307. The van der Waals surface area contributed by atoms with Gasteiger partial charge in [-0.15, -0.1) is 0 Å². The van der Waals surface area contributed by atoms with Gasteiger partial charge in [-0.2, -0.15) is 0 Å². The zero-order chi connectivity index (χ0) is 13.9. The zero-order valence-corrected chi connectivity index (χ0v) is 11.1. The van der Waals surface area contributed by atoms with E-state index in [1.807, 2.05) is 37.3 Å². The van der Waals surface area contributed by atoms with Crippen LogP contribution >= 0.6 is 0 Å². The molecule has 1 unspecified atom stereocenters. The van der Waals surface area contributed by atoms with E-state index in [4.69, 9.17) is 5.73 Å². The first kappa shape index (κ1) is 13.3. The number of nitrogens with two attached hydrogens (primary N) is 1. The largest absolute Gasteiger partial charge is 0.355 e. The lowest BCUT2D eigenvalue weighted by atomic mass is 9.92. The number of hydrogen-bond donors (Lipinski definition) is 2. The van der Waals surface area contributed by atoms with Crippen LogP contribution in [0.5, 0.6) is 0 Å². The molecule has 0 aliphatic carbocycles. The van der Waals surface area contributed by atoms with Crippen molar-refractivity contribution in [1.82, 2.24) is 9.55 Å². The van der Waals surface area contributed by atoms with E-state index in [1.165, 1.54) is 4.57 Å². The second-order valence-electron chi connectivity index (χ2n) is 4.72. The van der Waals surface area contributed by atoms with Crippen LogP contribution in [0, 0.1) is 0 Å². The maximum Gasteiger partial charge on any atom is 0.293 e. The minimum atomic E-state index is -0.526. The Kier molecular flexibility index (Phi) is 3.66. The van der Waals surface area contributed by atoms with Crippen molar-refractivity contribution in [3.63, 3.8) is 0 Å². The van der Waals surface area contributed by atoms with Crippen LogP contribution in [0.15, 0.2) is 47.5 Å². The Morgan fingerprint density at radius 3 is 2.68 bits per heavy atom. The maximum atomic E-state index is 12.0. The summed E-state index contributed by atoms with van der Waals surface area (Å²) in [5.41, 5.74) is 6.20. The molecule has 3 N–H and O–H groups in total. The van der Waals surface area contributed by atoms with Crippen molar-refractivity contribution in [2.45, 2.75) is 12.5 Å². The van der Waals surface area contributed by atoms with E-state index in [1.54, 1.807) is 19.4 Å². The summed E-state index contributed by atoms with van der Waals surface area (Å²) < 4.78 is 1.48. The van der Waals surface area contributed by atoms with Crippen LogP contribution in [0.4, 0.5) is 5.82 Å². The number of nitrogens with one attached hydrogen (secondary N) is 1. The Morgan fingerprint density at radius 1 is 1.37 bits per heavy atom. The number of hydrogen-bond acceptors (Lipinski definition) is 4. The molecule has 0 bridgehead atoms. The Labute approximate surface area is 112 Å². The molecule has 2 aromatic rings. The number of anilines is 1. The Hall–Kier alpha value is -2.14. The van der Waals surface area contributed by atoms with Crippen molar-refractivity contribution in [3.8, 4) is 0 Å². The van der Waals surface area contributed by atoms with E-state index in [0.29, 0.717) is 12.4 Å². The van der Waals surface area contributed by atoms with Crippen LogP contribution in [-0.2, 0) is 12.6 Å². The number of rotatable bonds is 4. The van der Waals surface area contributed by atoms with Gasteiger partial charge in [0, 0.05) is 26.0 Å². The van der Waals surface area contributed by atoms with Crippen LogP contribution in [0.2, 0.25) is 0 Å². The van der Waals surface area contributed by atoms with Gasteiger partial charge in [0.05, 0.1) is 5.54 Å². The highest BCUT2D eigenvalue weighted by atomic mass is 16.1. The van der Waals surface area contributed by atoms with Crippen LogP contribution in [0.25, 0.3) is 0 Å². The lowest BCUT2D eigenvalue weighted by Gasteiger charge is -2.30. The molecule has 1 heterocycles. The number of aryl methyl sites for hydroxylation is 1. The van der Waals surface area contributed by atoms with Crippen molar-refractivity contribution in [2.75, 3.05) is 11.9 Å². The highest BCUT2D eigenvalue weighted by Gasteiger charge is 2.26. The van der Waals surface area contributed by atoms with Crippen LogP contribution in [-0.4, -0.2) is 16.1 Å². The summed E-state index contributed by atoms with van der Waals surface area (Å²) in [7, 11) is 1.69. The topological polar surface area (TPSA) is 72.9 Å². The van der Waals surface area contributed by atoms with Crippen LogP contribution in [0.1, 0.15) is 12.5 Å². The van der Waals surface area contributed by atoms with Crippen molar-refractivity contribution >= 4 is 5.82 Å². The van der Waals surface area contributed by atoms with Crippen LogP contribution < -0.4 is 16.6 Å². The summed E-state index contributed by atoms with van der Waals surface area (Å²) in [5, 5.41) is 3.16. The fourth-order valence-corrected chi connectivity index (χ4v) is 1.89. The summed E-state index contributed by atoms with van der Waals surface area (Å²) in [4.78, 5) is 16.1. The molecule has 0 saturated heterocycles. The van der Waals surface area contributed by atoms with E-state index >= 15 is 0 Å². The van der Waals surface area contributed by atoms with Gasteiger partial charge < -0.3 is 15.6 Å². The molecule has 1 aromatic carbocycles. The third-order valence-electron chi connectivity index (χ3n) is 3.23. The summed E-state index contributed by atoms with van der Waals surface area (Å²) in [6.45, 7) is 2.31. The molecule has 100 valence electrons. The van der Waals surface area contributed by atoms with Gasteiger partial charge in [0.25, 0.3) is 5.56 Å². The first-order valence-electron chi connectivity index (χ1n) is 6.12. The fraction of sp³-hybridized carbons (Fsp3) is 0.286. The second-order valence-corrected chi connectivity index (χ2v) is 4.72. The summed E-state index contributed by atoms with van der Waals surface area (Å²) in [6.07, 6.45) is 3.21. The van der Waals surface area contributed by atoms with Crippen LogP contribution in [0.3, 0.4) is 0 Å². The molecule has 0 amide bonds. The van der Waals surface area contributed by atoms with E-state index in [2.05, 4.69) is 10.3 Å². The SMILES string of the molecule is Cn1ccnc(NC(C)(CN)c2ccccc2)c1=O. The lowest BCUT2D eigenvalue weighted by molar-refractivity contribution is 0.551. The molecule has 0 saturated carbocycles. The average Bonchev–Trinajstić information content (AvgIpc) is 2.45. The zero-order valence-electron chi connectivity index (χ0n) is 11.1. The minimum absolute atomic E-state index is 0.168. The quantitative estimate of drug-likeness (QED) is 0.860. The normalized spacial score (nSPS) is 13.8. The number of benzene rings is 1. The monoisotopic (exact) mass is 258 g/mol. The Balaban J connectivity index is 2.39. The number of aromatic nitrogens is 2. The minimum Gasteiger partial charge on any atom is -0.355 e. The van der Waals surface area contributed by atoms with Crippen molar-refractivity contribution in [2.24, 2.45) is 12.8 Å². The highest BCUT2D eigenvalue weighted by molar-refractivity contribution is 5.40. The molecule has 1 atom stereocenters. The molecule has 0 aliphatic heterocycles. The Morgan fingerprint density at radius 2 is 2.05 bits per heavy atom. The molecule has 0 radical (unpaired) electrons. The van der Waals surface area contributed by atoms with Crippen molar-refractivity contribution in [1.29, 1.82) is 0 Å². The van der Waals surface area contributed by atoms with E-state index < -0.39 is 5.54 Å². The standard InChI is InChI=1S/C14H18N4O/c1-14(10-15,11-6-4-3-5-7-11)17-12-13(19)18(2)9-8-16-12/h3-9H,10,15H2,1-2H3,(H,16,17). The van der Waals surface area contributed by atoms with E-state index in [0.717, 1.165) is 5.56 Å². The van der Waals surface area contributed by atoms with Gasteiger partial charge >= 0.3 is 0 Å². The summed E-state index contributed by atoms with van der Waals surface area (Å²) >= 11 is 0. The molecular weight excluding hydrogens is 240 g/mol. The molecule has 1 aromatic heterocycles. The van der Waals surface area contributed by atoms with Gasteiger partial charge in [-0.1, -0.05) is 30.3 Å². The molecule has 0 fully saturated rings. The lowest BCUT2D eigenvalue weighted by Crippen LogP contribution is -2.42. The van der Waals surface area contributed by atoms with Gasteiger partial charge in [0.1, 0.15) is 0 Å². The molecule has 2 rings (SSSR count). The first-order valence-corrected chi connectivity index (χ1v) is 6.12. The smallest absolute Gasteiger partial charge is 0.293 e. The van der Waals surface area contributed by atoms with Gasteiger partial charge in [-0.05, 0) is 12.5 Å². The van der Waals surface area contributed by atoms with Gasteiger partial charge in [-0.3, -0.25) is 4.79 Å². The van der Waals surface area contributed by atoms with Gasteiger partial charge in [0.2, 0.25) is 0 Å². The molecule has 5 heteroatoms. The predicted molar refractivity (Wildman–Crippen MR) is 75.9 cm³/mol. The maximum absolute atomic E-state index is 12.0. The van der Waals surface area contributed by atoms with Crippen molar-refractivity contribution in [3.05, 3.63) is 58.6 Å². The molecule has 0 spiro atoms. The fourth-order valence-electron chi connectivity index (χ4n) is 1.89. The van der Waals surface area contributed by atoms with Gasteiger partial charge in [-0.25, -0.2) is 4.98 Å². The highest BCUT2D eigenvalue weighted by Crippen LogP contribution is 2.22. The second kappa shape index (κ2) is 5.24. The number of nitrogens with zero attached hydrogens (tertiary/aromatic N) is 2. The van der Waals surface area contributed by atoms with E-state index in [-0.39, 0.29) is 5.56 Å². The van der Waals surface area contributed by atoms with Gasteiger partial charge in [0.15, 0.2) is 5.82 Å². The Bertz CT molecular complexity index is 608. The molecular formula is C14H18N4O. The molecule has 0 aliphatic rings. The van der Waals surface area contributed by atoms with E-state index in [9.17, 15) is 4.79 Å². The first-order chi connectivity index (χ1) is 9.07. The summed E-state index contributed by atoms with van der Waals surface area (Å²) in [6, 6.07) is 9.80. The predicted octanol–water partition coefficient (Wildman–Crippen LogP) is 1.07. The third-order valence-corrected chi connectivity index (χ3v) is 3.23. The molecule has 5 nitrogen and oxygen atoms in total.